The Kier molecular flexibility index (Phi) is 7.60. The van der Waals surface area contributed by atoms with Crippen molar-refractivity contribution in [3.8, 4) is 11.8 Å². The van der Waals surface area contributed by atoms with Gasteiger partial charge in [0, 0.05) is 25.3 Å². The molecule has 0 spiro atoms. The minimum Gasteiger partial charge on any atom is -0.443 e. The lowest BCUT2D eigenvalue weighted by Crippen LogP contribution is -2.40. The molecule has 5 nitrogen and oxygen atoms in total. The van der Waals surface area contributed by atoms with E-state index in [2.05, 4.69) is 11.8 Å². The van der Waals surface area contributed by atoms with E-state index in [0.717, 1.165) is 4.90 Å². The molecule has 0 aliphatic carbocycles. The molecular formula is C15H23NO4. The molecule has 0 rings (SSSR count). The number of Topliss-reactive ketones (excluding diaryl/α,β-unsaturated/α-hetero) is 1. The van der Waals surface area contributed by atoms with E-state index in [1.807, 2.05) is 0 Å². The van der Waals surface area contributed by atoms with Gasteiger partial charge in [-0.3, -0.25) is 9.59 Å². The number of carbonyl (C=O) groups excluding carboxylic acids is 3. The van der Waals surface area contributed by atoms with Crippen molar-refractivity contribution in [2.24, 2.45) is 5.92 Å². The number of hydrogen-bond acceptors (Lipinski definition) is 4. The first-order chi connectivity index (χ1) is 9.25. The summed E-state index contributed by atoms with van der Waals surface area (Å²) in [5.41, 5.74) is -0.689. The van der Waals surface area contributed by atoms with Crippen LogP contribution in [0.5, 0.6) is 0 Å². The van der Waals surface area contributed by atoms with Gasteiger partial charge in [-0.15, -0.1) is 11.8 Å². The monoisotopic (exact) mass is 281 g/mol. The fourth-order valence-corrected chi connectivity index (χ4v) is 1.51. The second kappa shape index (κ2) is 8.36. The third kappa shape index (κ3) is 6.93. The van der Waals surface area contributed by atoms with E-state index < -0.39 is 17.6 Å². The maximum Gasteiger partial charge on any atom is 0.416 e. The molecule has 2 amide bonds. The zero-order chi connectivity index (χ0) is 15.8. The molecular weight excluding hydrogens is 258 g/mol. The molecule has 1 unspecified atom stereocenters. The summed E-state index contributed by atoms with van der Waals surface area (Å²) in [5.74, 6) is 5.03. The van der Waals surface area contributed by atoms with E-state index >= 15 is 0 Å². The molecule has 0 heterocycles. The fourth-order valence-electron chi connectivity index (χ4n) is 1.51. The lowest BCUT2D eigenvalue weighted by Gasteiger charge is -2.25. The quantitative estimate of drug-likeness (QED) is 0.554. The van der Waals surface area contributed by atoms with Crippen molar-refractivity contribution in [3.63, 3.8) is 0 Å². The molecule has 0 aromatic rings. The average Bonchev–Trinajstić information content (AvgIpc) is 2.36. The highest BCUT2D eigenvalue weighted by molar-refractivity contribution is 5.84. The van der Waals surface area contributed by atoms with Crippen LogP contribution in [-0.4, -0.2) is 35.3 Å². The van der Waals surface area contributed by atoms with Crippen LogP contribution in [0.25, 0.3) is 0 Å². The van der Waals surface area contributed by atoms with Crippen molar-refractivity contribution < 1.29 is 19.1 Å². The summed E-state index contributed by atoms with van der Waals surface area (Å²) in [7, 11) is 0. The molecule has 0 aromatic carbocycles. The molecule has 0 saturated carbocycles. The highest BCUT2D eigenvalue weighted by atomic mass is 16.6. The number of ketones is 1. The van der Waals surface area contributed by atoms with Gasteiger partial charge in [0.2, 0.25) is 6.41 Å². The van der Waals surface area contributed by atoms with Gasteiger partial charge >= 0.3 is 6.09 Å². The fraction of sp³-hybridized carbons (Fsp3) is 0.667. The highest BCUT2D eigenvalue weighted by Gasteiger charge is 2.26. The van der Waals surface area contributed by atoms with Gasteiger partial charge in [-0.05, 0) is 27.7 Å². The first-order valence-corrected chi connectivity index (χ1v) is 6.62. The van der Waals surface area contributed by atoms with E-state index in [4.69, 9.17) is 4.74 Å². The van der Waals surface area contributed by atoms with Gasteiger partial charge < -0.3 is 4.74 Å². The molecule has 0 aliphatic rings. The Morgan fingerprint density at radius 1 is 1.35 bits per heavy atom. The van der Waals surface area contributed by atoms with Crippen LogP contribution >= 0.6 is 0 Å². The zero-order valence-corrected chi connectivity index (χ0v) is 12.9. The Bertz CT molecular complexity index is 412. The van der Waals surface area contributed by atoms with E-state index in [-0.39, 0.29) is 12.3 Å². The van der Waals surface area contributed by atoms with Crippen LogP contribution < -0.4 is 0 Å². The highest BCUT2D eigenvalue weighted by Crippen LogP contribution is 2.13. The number of hydrogen-bond donors (Lipinski definition) is 0. The summed E-state index contributed by atoms with van der Waals surface area (Å²) in [6, 6.07) is 0. The summed E-state index contributed by atoms with van der Waals surface area (Å²) >= 11 is 0. The molecule has 1 atom stereocenters. The van der Waals surface area contributed by atoms with Crippen LogP contribution in [0.15, 0.2) is 0 Å². The van der Waals surface area contributed by atoms with Gasteiger partial charge in [-0.25, -0.2) is 9.69 Å². The van der Waals surface area contributed by atoms with Crippen LogP contribution in [0.4, 0.5) is 4.79 Å². The van der Waals surface area contributed by atoms with Gasteiger partial charge in [0.1, 0.15) is 11.4 Å². The molecule has 0 N–H and O–H groups in total. The largest absolute Gasteiger partial charge is 0.443 e. The zero-order valence-electron chi connectivity index (χ0n) is 12.9. The van der Waals surface area contributed by atoms with Crippen molar-refractivity contribution in [1.29, 1.82) is 0 Å². The van der Waals surface area contributed by atoms with Crippen LogP contribution in [0.3, 0.4) is 0 Å². The van der Waals surface area contributed by atoms with Crippen molar-refractivity contribution >= 4 is 18.3 Å². The molecule has 0 saturated heterocycles. The topological polar surface area (TPSA) is 63.7 Å². The van der Waals surface area contributed by atoms with Crippen molar-refractivity contribution in [2.45, 2.75) is 53.1 Å². The molecule has 0 aromatic heterocycles. The number of imide groups is 1. The standard InChI is InChI=1S/C15H23NO4/c1-6-8-9-12(13(18)7-2)10-16(11-17)14(19)20-15(3,4)5/h11-12H,7,9-10H2,1-5H3. The number of amides is 2. The number of rotatable bonds is 6. The number of ether oxygens (including phenoxy) is 1. The third-order valence-corrected chi connectivity index (χ3v) is 2.50. The lowest BCUT2D eigenvalue weighted by molar-refractivity contribution is -0.124. The molecule has 0 radical (unpaired) electrons. The van der Waals surface area contributed by atoms with Crippen molar-refractivity contribution in [1.82, 2.24) is 4.90 Å². The summed E-state index contributed by atoms with van der Waals surface area (Å²) < 4.78 is 5.12. The summed E-state index contributed by atoms with van der Waals surface area (Å²) in [6.07, 6.45) is 0.322. The Morgan fingerprint density at radius 2 is 1.95 bits per heavy atom. The average molecular weight is 281 g/mol. The first-order valence-electron chi connectivity index (χ1n) is 6.62. The van der Waals surface area contributed by atoms with Gasteiger partial charge in [-0.2, -0.15) is 0 Å². The Morgan fingerprint density at radius 3 is 2.35 bits per heavy atom. The van der Waals surface area contributed by atoms with Gasteiger partial charge in [0.25, 0.3) is 0 Å². The van der Waals surface area contributed by atoms with Gasteiger partial charge in [-0.1, -0.05) is 6.92 Å². The summed E-state index contributed by atoms with van der Waals surface area (Å²) in [4.78, 5) is 35.6. The van der Waals surface area contributed by atoms with E-state index in [0.29, 0.717) is 19.3 Å². The summed E-state index contributed by atoms with van der Waals surface area (Å²) in [6.45, 7) is 8.56. The summed E-state index contributed by atoms with van der Waals surface area (Å²) in [5, 5.41) is 0. The maximum absolute atomic E-state index is 11.8. The molecule has 0 bridgehead atoms. The first kappa shape index (κ1) is 18.2. The van der Waals surface area contributed by atoms with Crippen LogP contribution in [0.2, 0.25) is 0 Å². The Hall–Kier alpha value is -1.83. The minimum atomic E-state index is -0.745. The lowest BCUT2D eigenvalue weighted by atomic mass is 9.98. The minimum absolute atomic E-state index is 0.000231. The molecule has 0 fully saturated rings. The third-order valence-electron chi connectivity index (χ3n) is 2.50. The van der Waals surface area contributed by atoms with Gasteiger partial charge in [0.15, 0.2) is 0 Å². The predicted molar refractivity (Wildman–Crippen MR) is 75.9 cm³/mol. The smallest absolute Gasteiger partial charge is 0.416 e. The Labute approximate surface area is 120 Å². The second-order valence-electron chi connectivity index (χ2n) is 5.39. The van der Waals surface area contributed by atoms with E-state index in [1.54, 1.807) is 34.6 Å². The predicted octanol–water partition coefficient (Wildman–Crippen LogP) is 2.39. The maximum atomic E-state index is 11.8. The van der Waals surface area contributed by atoms with E-state index in [9.17, 15) is 14.4 Å². The van der Waals surface area contributed by atoms with Crippen LogP contribution in [0.1, 0.15) is 47.5 Å². The van der Waals surface area contributed by atoms with E-state index in [1.165, 1.54) is 0 Å². The van der Waals surface area contributed by atoms with Crippen LogP contribution in [0, 0.1) is 17.8 Å². The van der Waals surface area contributed by atoms with Crippen molar-refractivity contribution in [3.05, 3.63) is 0 Å². The molecule has 112 valence electrons. The number of nitrogens with zero attached hydrogens (tertiary/aromatic N) is 1. The van der Waals surface area contributed by atoms with Crippen LogP contribution in [-0.2, 0) is 14.3 Å². The van der Waals surface area contributed by atoms with Gasteiger partial charge in [0.05, 0.1) is 0 Å². The SMILES string of the molecule is CC#CCC(CN(C=O)C(=O)OC(C)(C)C)C(=O)CC. The van der Waals surface area contributed by atoms with Crippen molar-refractivity contribution in [2.75, 3.05) is 6.54 Å². The molecule has 0 aliphatic heterocycles. The molecule has 5 heteroatoms. The second-order valence-corrected chi connectivity index (χ2v) is 5.39. The molecule has 20 heavy (non-hydrogen) atoms. The Balaban J connectivity index is 4.85. The number of carbonyl (C=O) groups is 3. The normalized spacial score (nSPS) is 11.8.